The number of hydrogen-bond donors (Lipinski definition) is 3. The van der Waals surface area contributed by atoms with E-state index in [0.29, 0.717) is 36.7 Å². The monoisotopic (exact) mass is 556 g/mol. The van der Waals surface area contributed by atoms with Crippen LogP contribution in [0.1, 0.15) is 55.9 Å². The first-order chi connectivity index (χ1) is 19.9. The predicted molar refractivity (Wildman–Crippen MR) is 153 cm³/mol. The summed E-state index contributed by atoms with van der Waals surface area (Å²) in [5.74, 6) is 0.615. The number of para-hydroxylation sites is 1. The van der Waals surface area contributed by atoms with E-state index in [1.165, 1.54) is 0 Å². The highest BCUT2D eigenvalue weighted by Gasteiger charge is 2.50. The number of carbonyl (C=O) groups is 4. The average Bonchev–Trinajstić information content (AvgIpc) is 3.77. The molecule has 214 valence electrons. The fourth-order valence-corrected chi connectivity index (χ4v) is 6.88. The van der Waals surface area contributed by atoms with Gasteiger partial charge in [-0.05, 0) is 67.9 Å². The van der Waals surface area contributed by atoms with E-state index in [9.17, 15) is 19.2 Å². The predicted octanol–water partition coefficient (Wildman–Crippen LogP) is 4.19. The standard InChI is InChI=1S/C32H36N4O5/c1-2-27(37)25(16-19-14-15-33-30(19)38)35-31(39)29-22-11-6-8-20(22)18-36(29)32(40)26-17-23-24(34-26)12-7-13-28(23)41-21-9-4-3-5-10-21/h3-5,7,9-10,12-13,17,19-20,22,25,29,34H,2,6,8,11,14-16,18H2,1H3,(H,33,38)(H,35,39). The third-order valence-corrected chi connectivity index (χ3v) is 8.98. The van der Waals surface area contributed by atoms with Crippen molar-refractivity contribution in [2.24, 2.45) is 17.8 Å². The van der Waals surface area contributed by atoms with Crippen molar-refractivity contribution < 1.29 is 23.9 Å². The van der Waals surface area contributed by atoms with Crippen molar-refractivity contribution in [2.75, 3.05) is 13.1 Å². The molecule has 3 amide bonds. The molecule has 3 aromatic rings. The van der Waals surface area contributed by atoms with E-state index < -0.39 is 12.1 Å². The maximum Gasteiger partial charge on any atom is 0.271 e. The first-order valence-corrected chi connectivity index (χ1v) is 14.7. The summed E-state index contributed by atoms with van der Waals surface area (Å²) in [5, 5.41) is 6.57. The van der Waals surface area contributed by atoms with Crippen molar-refractivity contribution in [3.63, 3.8) is 0 Å². The molecule has 0 radical (unpaired) electrons. The zero-order chi connectivity index (χ0) is 28.5. The van der Waals surface area contributed by atoms with Crippen LogP contribution in [0.25, 0.3) is 10.9 Å². The number of ether oxygens (including phenoxy) is 1. The fraction of sp³-hybridized carbons (Fsp3) is 0.438. The Morgan fingerprint density at radius 3 is 2.66 bits per heavy atom. The molecule has 1 aromatic heterocycles. The average molecular weight is 557 g/mol. The molecule has 6 rings (SSSR count). The molecular weight excluding hydrogens is 520 g/mol. The number of fused-ring (bicyclic) bond motifs is 2. The van der Waals surface area contributed by atoms with Gasteiger partial charge in [0, 0.05) is 36.3 Å². The Balaban J connectivity index is 1.25. The van der Waals surface area contributed by atoms with E-state index in [2.05, 4.69) is 15.6 Å². The fourth-order valence-electron chi connectivity index (χ4n) is 6.88. The molecule has 5 atom stereocenters. The summed E-state index contributed by atoms with van der Waals surface area (Å²) < 4.78 is 6.10. The Morgan fingerprint density at radius 1 is 1.07 bits per heavy atom. The first kappa shape index (κ1) is 27.1. The van der Waals surface area contributed by atoms with Gasteiger partial charge in [-0.2, -0.15) is 0 Å². The second kappa shape index (κ2) is 11.4. The van der Waals surface area contributed by atoms with Gasteiger partial charge in [0.2, 0.25) is 11.8 Å². The molecule has 2 saturated heterocycles. The van der Waals surface area contributed by atoms with Gasteiger partial charge in [-0.3, -0.25) is 19.2 Å². The molecular formula is C32H36N4O5. The number of aromatic nitrogens is 1. The van der Waals surface area contributed by atoms with Crippen LogP contribution in [-0.4, -0.2) is 58.6 Å². The number of ketones is 1. The molecule has 5 unspecified atom stereocenters. The Bertz CT molecular complexity index is 1470. The van der Waals surface area contributed by atoms with Crippen LogP contribution in [0.5, 0.6) is 11.5 Å². The summed E-state index contributed by atoms with van der Waals surface area (Å²) in [6.45, 7) is 2.85. The van der Waals surface area contributed by atoms with Crippen LogP contribution < -0.4 is 15.4 Å². The Kier molecular flexibility index (Phi) is 7.51. The van der Waals surface area contributed by atoms with E-state index in [1.54, 1.807) is 17.9 Å². The second-order valence-corrected chi connectivity index (χ2v) is 11.5. The lowest BCUT2D eigenvalue weighted by atomic mass is 9.91. The largest absolute Gasteiger partial charge is 0.457 e. The quantitative estimate of drug-likeness (QED) is 0.365. The Morgan fingerprint density at radius 2 is 1.90 bits per heavy atom. The zero-order valence-corrected chi connectivity index (χ0v) is 23.2. The van der Waals surface area contributed by atoms with Crippen molar-refractivity contribution in [1.29, 1.82) is 0 Å². The molecule has 2 aliphatic heterocycles. The van der Waals surface area contributed by atoms with Gasteiger partial charge in [-0.25, -0.2) is 0 Å². The summed E-state index contributed by atoms with van der Waals surface area (Å²) >= 11 is 0. The van der Waals surface area contributed by atoms with Crippen LogP contribution in [0.4, 0.5) is 0 Å². The molecule has 1 saturated carbocycles. The lowest BCUT2D eigenvalue weighted by molar-refractivity contribution is -0.132. The molecule has 9 heteroatoms. The van der Waals surface area contributed by atoms with Crippen molar-refractivity contribution in [3.05, 3.63) is 60.3 Å². The number of nitrogens with zero attached hydrogens (tertiary/aromatic N) is 1. The maximum atomic E-state index is 14.0. The Labute approximate surface area is 239 Å². The van der Waals surface area contributed by atoms with Crippen molar-refractivity contribution >= 4 is 34.4 Å². The number of nitrogens with one attached hydrogen (secondary N) is 3. The number of likely N-dealkylation sites (tertiary alicyclic amines) is 1. The lowest BCUT2D eigenvalue weighted by Gasteiger charge is -2.29. The molecule has 1 aliphatic carbocycles. The van der Waals surface area contributed by atoms with Gasteiger partial charge in [0.1, 0.15) is 23.2 Å². The van der Waals surface area contributed by atoms with Crippen molar-refractivity contribution in [3.8, 4) is 11.5 Å². The van der Waals surface area contributed by atoms with Crippen LogP contribution in [0.3, 0.4) is 0 Å². The summed E-state index contributed by atoms with van der Waals surface area (Å²) in [4.78, 5) is 57.8. The smallest absolute Gasteiger partial charge is 0.271 e. The van der Waals surface area contributed by atoms with Crippen LogP contribution in [0, 0.1) is 17.8 Å². The van der Waals surface area contributed by atoms with E-state index in [1.807, 2.05) is 48.5 Å². The van der Waals surface area contributed by atoms with Crippen molar-refractivity contribution in [2.45, 2.75) is 57.5 Å². The number of benzene rings is 2. The maximum absolute atomic E-state index is 14.0. The molecule has 9 nitrogen and oxygen atoms in total. The number of carbonyl (C=O) groups excluding carboxylic acids is 4. The topological polar surface area (TPSA) is 121 Å². The molecule has 3 N–H and O–H groups in total. The number of H-pyrrole nitrogens is 1. The first-order valence-electron chi connectivity index (χ1n) is 14.7. The minimum Gasteiger partial charge on any atom is -0.457 e. The van der Waals surface area contributed by atoms with Crippen LogP contribution in [0.15, 0.2) is 54.6 Å². The molecule has 41 heavy (non-hydrogen) atoms. The third-order valence-electron chi connectivity index (χ3n) is 8.98. The summed E-state index contributed by atoms with van der Waals surface area (Å²) in [6, 6.07) is 15.5. The molecule has 0 bridgehead atoms. The normalized spacial score (nSPS) is 24.2. The number of aromatic amines is 1. The Hall–Kier alpha value is -4.14. The molecule has 2 aromatic carbocycles. The minimum atomic E-state index is -0.746. The SMILES string of the molecule is CCC(=O)C(CC1CCNC1=O)NC(=O)C1C2CCCC2CN1C(=O)c1cc2c(Oc3ccccc3)cccc2[nH]1. The minimum absolute atomic E-state index is 0.0486. The second-order valence-electron chi connectivity index (χ2n) is 11.5. The van der Waals surface area contributed by atoms with Gasteiger partial charge in [0.15, 0.2) is 5.78 Å². The molecule has 3 aliphatic rings. The number of rotatable bonds is 9. The van der Waals surface area contributed by atoms with E-state index in [4.69, 9.17) is 4.74 Å². The number of hydrogen-bond acceptors (Lipinski definition) is 5. The van der Waals surface area contributed by atoms with Gasteiger partial charge in [0.25, 0.3) is 5.91 Å². The van der Waals surface area contributed by atoms with Crippen LogP contribution in [0.2, 0.25) is 0 Å². The number of amides is 3. The molecule has 3 heterocycles. The van der Waals surface area contributed by atoms with Gasteiger partial charge in [0.05, 0.1) is 6.04 Å². The van der Waals surface area contributed by atoms with Crippen molar-refractivity contribution in [1.82, 2.24) is 20.5 Å². The van der Waals surface area contributed by atoms with Gasteiger partial charge >= 0.3 is 0 Å². The van der Waals surface area contributed by atoms with Gasteiger partial charge < -0.3 is 25.3 Å². The third kappa shape index (κ3) is 5.33. The van der Waals surface area contributed by atoms with Gasteiger partial charge in [-0.1, -0.05) is 37.6 Å². The molecule has 3 fully saturated rings. The zero-order valence-electron chi connectivity index (χ0n) is 23.2. The van der Waals surface area contributed by atoms with Crippen LogP contribution >= 0.6 is 0 Å². The highest BCUT2D eigenvalue weighted by Crippen LogP contribution is 2.43. The lowest BCUT2D eigenvalue weighted by Crippen LogP contribution is -2.53. The highest BCUT2D eigenvalue weighted by molar-refractivity contribution is 6.02. The van der Waals surface area contributed by atoms with Crippen LogP contribution in [-0.2, 0) is 14.4 Å². The van der Waals surface area contributed by atoms with E-state index in [0.717, 1.165) is 30.2 Å². The van der Waals surface area contributed by atoms with E-state index in [-0.39, 0.29) is 54.1 Å². The van der Waals surface area contributed by atoms with E-state index >= 15 is 0 Å². The highest BCUT2D eigenvalue weighted by atomic mass is 16.5. The summed E-state index contributed by atoms with van der Waals surface area (Å²) in [7, 11) is 0. The molecule has 0 spiro atoms. The van der Waals surface area contributed by atoms with Gasteiger partial charge in [-0.15, -0.1) is 0 Å². The summed E-state index contributed by atoms with van der Waals surface area (Å²) in [6.07, 6.45) is 4.06. The number of Topliss-reactive ketones (excluding diaryl/α,β-unsaturated/α-hetero) is 1. The summed E-state index contributed by atoms with van der Waals surface area (Å²) in [5.41, 5.74) is 1.16.